The van der Waals surface area contributed by atoms with E-state index in [0.717, 1.165) is 51.2 Å². The lowest BCUT2D eigenvalue weighted by Gasteiger charge is -2.24. The van der Waals surface area contributed by atoms with Crippen LogP contribution in [0.1, 0.15) is 39.5 Å². The van der Waals surface area contributed by atoms with E-state index in [-0.39, 0.29) is 5.91 Å². The number of hydrogen-bond donors (Lipinski definition) is 1. The van der Waals surface area contributed by atoms with Crippen molar-refractivity contribution in [3.05, 3.63) is 0 Å². The molecule has 0 spiro atoms. The van der Waals surface area contributed by atoms with Crippen LogP contribution < -0.4 is 5.32 Å². The van der Waals surface area contributed by atoms with Gasteiger partial charge >= 0.3 is 0 Å². The molecule has 2 aliphatic rings. The predicted molar refractivity (Wildman–Crippen MR) is 84.2 cm³/mol. The lowest BCUT2D eigenvalue weighted by molar-refractivity contribution is -0.132. The van der Waals surface area contributed by atoms with Gasteiger partial charge in [0, 0.05) is 23.6 Å². The molecule has 0 saturated carbocycles. The molecule has 0 aliphatic carbocycles. The molecule has 2 saturated heterocycles. The van der Waals surface area contributed by atoms with E-state index >= 15 is 0 Å². The molecule has 2 rings (SSSR count). The van der Waals surface area contributed by atoms with Gasteiger partial charge in [0.25, 0.3) is 0 Å². The largest absolute Gasteiger partial charge is 0.378 e. The summed E-state index contributed by atoms with van der Waals surface area (Å²) in [6.45, 7) is 8.98. The van der Waals surface area contributed by atoms with Crippen molar-refractivity contribution >= 4 is 17.7 Å². The van der Waals surface area contributed by atoms with E-state index in [9.17, 15) is 4.79 Å². The van der Waals surface area contributed by atoms with Crippen LogP contribution in [0.25, 0.3) is 0 Å². The average molecular weight is 300 g/mol. The van der Waals surface area contributed by atoms with E-state index in [0.29, 0.717) is 23.9 Å². The molecule has 116 valence electrons. The van der Waals surface area contributed by atoms with Crippen LogP contribution in [0.5, 0.6) is 0 Å². The summed E-state index contributed by atoms with van der Waals surface area (Å²) in [6, 6.07) is 0. The first-order valence-electron chi connectivity index (χ1n) is 7.81. The fraction of sp³-hybridized carbons (Fsp3) is 0.933. The Morgan fingerprint density at radius 2 is 2.10 bits per heavy atom. The van der Waals surface area contributed by atoms with Crippen LogP contribution in [0.2, 0.25) is 0 Å². The van der Waals surface area contributed by atoms with Gasteiger partial charge in [-0.1, -0.05) is 13.8 Å². The maximum absolute atomic E-state index is 12.2. The zero-order valence-electron chi connectivity index (χ0n) is 12.8. The van der Waals surface area contributed by atoms with Gasteiger partial charge in [-0.05, 0) is 32.4 Å². The number of carbonyl (C=O) groups excluding carboxylic acids is 1. The molecule has 0 aromatic heterocycles. The number of amides is 1. The Morgan fingerprint density at radius 3 is 2.85 bits per heavy atom. The third kappa shape index (κ3) is 5.26. The van der Waals surface area contributed by atoms with Crippen molar-refractivity contribution in [2.24, 2.45) is 0 Å². The van der Waals surface area contributed by atoms with Crippen LogP contribution in [0.4, 0.5) is 0 Å². The first-order valence-corrected chi connectivity index (χ1v) is 8.79. The fourth-order valence-electron chi connectivity index (χ4n) is 2.70. The maximum atomic E-state index is 12.2. The highest BCUT2D eigenvalue weighted by Gasteiger charge is 2.25. The van der Waals surface area contributed by atoms with E-state index in [1.54, 1.807) is 0 Å². The standard InChI is InChI=1S/C15H28N2O2S/c1-15(2)6-9-17(10-12-20-15)14(18)5-11-19-13-3-7-16-8-4-13/h13,16H,3-12H2,1-2H3. The number of thioether (sulfide) groups is 1. The molecule has 0 bridgehead atoms. The highest BCUT2D eigenvalue weighted by atomic mass is 32.2. The van der Waals surface area contributed by atoms with E-state index in [4.69, 9.17) is 4.74 Å². The van der Waals surface area contributed by atoms with Crippen molar-refractivity contribution in [2.45, 2.75) is 50.4 Å². The van der Waals surface area contributed by atoms with Gasteiger partial charge in [0.05, 0.1) is 19.1 Å². The number of nitrogens with one attached hydrogen (secondary N) is 1. The summed E-state index contributed by atoms with van der Waals surface area (Å²) in [5.74, 6) is 1.31. The monoisotopic (exact) mass is 300 g/mol. The molecule has 2 fully saturated rings. The molecule has 0 atom stereocenters. The minimum absolute atomic E-state index is 0.261. The molecular weight excluding hydrogens is 272 g/mol. The summed E-state index contributed by atoms with van der Waals surface area (Å²) in [5, 5.41) is 3.32. The number of piperidine rings is 1. The number of hydrogen-bond acceptors (Lipinski definition) is 4. The Balaban J connectivity index is 1.66. The molecule has 5 heteroatoms. The number of nitrogens with zero attached hydrogens (tertiary/aromatic N) is 1. The molecule has 2 heterocycles. The second kappa shape index (κ2) is 7.66. The van der Waals surface area contributed by atoms with E-state index < -0.39 is 0 Å². The van der Waals surface area contributed by atoms with Gasteiger partial charge in [-0.2, -0.15) is 11.8 Å². The minimum Gasteiger partial charge on any atom is -0.378 e. The number of carbonyl (C=O) groups is 1. The van der Waals surface area contributed by atoms with Gasteiger partial charge in [-0.25, -0.2) is 0 Å². The molecule has 1 N–H and O–H groups in total. The zero-order chi connectivity index (χ0) is 14.4. The van der Waals surface area contributed by atoms with Gasteiger partial charge in [0.1, 0.15) is 0 Å². The topological polar surface area (TPSA) is 41.6 Å². The molecule has 0 radical (unpaired) electrons. The van der Waals surface area contributed by atoms with E-state index in [1.807, 2.05) is 16.7 Å². The third-order valence-corrected chi connectivity index (χ3v) is 5.52. The summed E-state index contributed by atoms with van der Waals surface area (Å²) >= 11 is 1.98. The van der Waals surface area contributed by atoms with Crippen LogP contribution >= 0.6 is 11.8 Å². The van der Waals surface area contributed by atoms with Crippen LogP contribution in [-0.2, 0) is 9.53 Å². The van der Waals surface area contributed by atoms with Crippen molar-refractivity contribution in [3.8, 4) is 0 Å². The van der Waals surface area contributed by atoms with Crippen LogP contribution in [0.3, 0.4) is 0 Å². The summed E-state index contributed by atoms with van der Waals surface area (Å²) in [4.78, 5) is 14.2. The highest BCUT2D eigenvalue weighted by Crippen LogP contribution is 2.30. The second-order valence-electron chi connectivity index (χ2n) is 6.31. The van der Waals surface area contributed by atoms with Gasteiger partial charge in [0.2, 0.25) is 5.91 Å². The Bertz CT molecular complexity index is 317. The van der Waals surface area contributed by atoms with E-state index in [2.05, 4.69) is 19.2 Å². The molecule has 20 heavy (non-hydrogen) atoms. The minimum atomic E-state index is 0.261. The van der Waals surface area contributed by atoms with Gasteiger partial charge < -0.3 is 15.0 Å². The first kappa shape index (κ1) is 16.1. The zero-order valence-corrected chi connectivity index (χ0v) is 13.6. The predicted octanol–water partition coefficient (Wildman–Crippen LogP) is 1.89. The van der Waals surface area contributed by atoms with Crippen LogP contribution in [0.15, 0.2) is 0 Å². The Morgan fingerprint density at radius 1 is 1.35 bits per heavy atom. The Kier molecular flexibility index (Phi) is 6.18. The second-order valence-corrected chi connectivity index (χ2v) is 8.11. The summed E-state index contributed by atoms with van der Waals surface area (Å²) < 4.78 is 6.13. The van der Waals surface area contributed by atoms with Gasteiger partial charge in [-0.15, -0.1) is 0 Å². The van der Waals surface area contributed by atoms with Crippen molar-refractivity contribution in [2.75, 3.05) is 38.5 Å². The van der Waals surface area contributed by atoms with Crippen molar-refractivity contribution < 1.29 is 9.53 Å². The lowest BCUT2D eigenvalue weighted by Crippen LogP contribution is -2.36. The SMILES string of the molecule is CC1(C)CCN(C(=O)CCOC2CCNCC2)CCS1. The van der Waals surface area contributed by atoms with Crippen molar-refractivity contribution in [1.82, 2.24) is 10.2 Å². The summed E-state index contributed by atoms with van der Waals surface area (Å²) in [5.41, 5.74) is 0. The summed E-state index contributed by atoms with van der Waals surface area (Å²) in [6.07, 6.45) is 4.11. The quantitative estimate of drug-likeness (QED) is 0.861. The molecule has 0 unspecified atom stereocenters. The normalized spacial score (nSPS) is 24.4. The smallest absolute Gasteiger partial charge is 0.224 e. The lowest BCUT2D eigenvalue weighted by atomic mass is 10.1. The van der Waals surface area contributed by atoms with Crippen molar-refractivity contribution in [3.63, 3.8) is 0 Å². The average Bonchev–Trinajstić information content (AvgIpc) is 2.61. The molecule has 1 amide bonds. The molecule has 0 aromatic rings. The number of ether oxygens (including phenoxy) is 1. The molecular formula is C15H28N2O2S. The highest BCUT2D eigenvalue weighted by molar-refractivity contribution is 8.00. The van der Waals surface area contributed by atoms with Gasteiger partial charge in [-0.3, -0.25) is 4.79 Å². The Labute approximate surface area is 127 Å². The summed E-state index contributed by atoms with van der Waals surface area (Å²) in [7, 11) is 0. The van der Waals surface area contributed by atoms with Crippen LogP contribution in [-0.4, -0.2) is 60.2 Å². The first-order chi connectivity index (χ1) is 9.57. The Hall–Kier alpha value is -0.260. The molecule has 2 aliphatic heterocycles. The van der Waals surface area contributed by atoms with Gasteiger partial charge in [0.15, 0.2) is 0 Å². The molecule has 0 aromatic carbocycles. The van der Waals surface area contributed by atoms with Crippen LogP contribution in [0, 0.1) is 0 Å². The maximum Gasteiger partial charge on any atom is 0.224 e. The van der Waals surface area contributed by atoms with E-state index in [1.165, 1.54) is 0 Å². The third-order valence-electron chi connectivity index (χ3n) is 4.15. The molecule has 4 nitrogen and oxygen atoms in total. The van der Waals surface area contributed by atoms with Crippen molar-refractivity contribution in [1.29, 1.82) is 0 Å². The number of rotatable bonds is 4. The fourth-order valence-corrected chi connectivity index (χ4v) is 3.80.